The third kappa shape index (κ3) is 10.9. The summed E-state index contributed by atoms with van der Waals surface area (Å²) in [5, 5.41) is -0.277. The zero-order valence-electron chi connectivity index (χ0n) is 12.2. The van der Waals surface area contributed by atoms with Crippen molar-refractivity contribution in [1.82, 2.24) is 4.90 Å². The topological polar surface area (TPSA) is 20.3 Å². The van der Waals surface area contributed by atoms with Gasteiger partial charge in [-0.15, -0.1) is 0 Å². The number of rotatable bonds is 12. The first kappa shape index (κ1) is 17.8. The molecule has 0 N–H and O–H groups in total. The Balaban J connectivity index is 3.56. The van der Waals surface area contributed by atoms with Gasteiger partial charge in [0.25, 0.3) is 0 Å². The zero-order valence-corrected chi connectivity index (χ0v) is 13.0. The molecule has 0 aliphatic heterocycles. The minimum absolute atomic E-state index is 0.277. The van der Waals surface area contributed by atoms with Crippen LogP contribution in [0.3, 0.4) is 0 Å². The molecule has 0 aliphatic carbocycles. The molecule has 0 aromatic rings. The molecule has 0 unspecified atom stereocenters. The molecule has 3 heteroatoms. The first-order valence-corrected chi connectivity index (χ1v) is 8.04. The van der Waals surface area contributed by atoms with E-state index < -0.39 is 0 Å². The summed E-state index contributed by atoms with van der Waals surface area (Å²) in [5.74, 6) is 0. The number of nitrogens with zero attached hydrogens (tertiary/aromatic N) is 1. The lowest BCUT2D eigenvalue weighted by Gasteiger charge is -2.19. The van der Waals surface area contributed by atoms with Crippen LogP contribution in [0.1, 0.15) is 78.1 Å². The van der Waals surface area contributed by atoms with Gasteiger partial charge in [0.1, 0.15) is 0 Å². The average Bonchev–Trinajstić information content (AvgIpc) is 2.35. The quantitative estimate of drug-likeness (QED) is 0.258. The number of halogens is 1. The van der Waals surface area contributed by atoms with Gasteiger partial charge >= 0.3 is 5.37 Å². The van der Waals surface area contributed by atoms with Crippen LogP contribution in [0.25, 0.3) is 0 Å². The fourth-order valence-electron chi connectivity index (χ4n) is 2.10. The summed E-state index contributed by atoms with van der Waals surface area (Å²) >= 11 is 5.61. The van der Waals surface area contributed by atoms with Crippen molar-refractivity contribution in [2.24, 2.45) is 0 Å². The van der Waals surface area contributed by atoms with E-state index in [9.17, 15) is 4.79 Å². The molecule has 108 valence electrons. The van der Waals surface area contributed by atoms with Gasteiger partial charge in [0.15, 0.2) is 0 Å². The van der Waals surface area contributed by atoms with Crippen molar-refractivity contribution >= 4 is 17.0 Å². The Morgan fingerprint density at radius 3 is 1.50 bits per heavy atom. The molecular formula is C15H30ClNO. The second-order valence-electron chi connectivity index (χ2n) is 5.07. The average molecular weight is 276 g/mol. The molecule has 0 radical (unpaired) electrons. The molecular weight excluding hydrogens is 246 g/mol. The van der Waals surface area contributed by atoms with Gasteiger partial charge in [0.2, 0.25) is 0 Å². The molecule has 0 aliphatic rings. The molecule has 0 fully saturated rings. The Labute approximate surface area is 118 Å². The van der Waals surface area contributed by atoms with Crippen LogP contribution < -0.4 is 0 Å². The van der Waals surface area contributed by atoms with E-state index >= 15 is 0 Å². The third-order valence-electron chi connectivity index (χ3n) is 3.31. The number of hydrogen-bond donors (Lipinski definition) is 0. The van der Waals surface area contributed by atoms with Gasteiger partial charge in [-0.05, 0) is 24.4 Å². The molecule has 0 atom stereocenters. The highest BCUT2D eigenvalue weighted by molar-refractivity contribution is 6.62. The van der Waals surface area contributed by atoms with Gasteiger partial charge in [-0.3, -0.25) is 4.79 Å². The maximum atomic E-state index is 11.3. The number of carbonyl (C=O) groups is 1. The Bertz CT molecular complexity index is 183. The van der Waals surface area contributed by atoms with Crippen molar-refractivity contribution < 1.29 is 4.79 Å². The molecule has 1 amide bonds. The Hall–Kier alpha value is -0.240. The summed E-state index contributed by atoms with van der Waals surface area (Å²) in [6.45, 7) is 6.09. The molecule has 0 spiro atoms. The first-order chi connectivity index (χ1) is 8.72. The van der Waals surface area contributed by atoms with E-state index in [4.69, 9.17) is 11.6 Å². The molecule has 2 nitrogen and oxygen atoms in total. The molecule has 0 bridgehead atoms. The molecule has 0 heterocycles. The number of amides is 1. The van der Waals surface area contributed by atoms with Crippen LogP contribution in [0, 0.1) is 0 Å². The van der Waals surface area contributed by atoms with Crippen LogP contribution in [-0.2, 0) is 0 Å². The highest BCUT2D eigenvalue weighted by Crippen LogP contribution is 2.09. The molecule has 0 saturated heterocycles. The van der Waals surface area contributed by atoms with Crippen LogP contribution in [0.4, 0.5) is 4.79 Å². The van der Waals surface area contributed by atoms with Crippen LogP contribution in [-0.4, -0.2) is 23.4 Å². The zero-order chi connectivity index (χ0) is 13.6. The normalized spacial score (nSPS) is 10.6. The smallest absolute Gasteiger partial charge is 0.316 e. The molecule has 18 heavy (non-hydrogen) atoms. The maximum absolute atomic E-state index is 11.3. The summed E-state index contributed by atoms with van der Waals surface area (Å²) in [4.78, 5) is 13.1. The lowest BCUT2D eigenvalue weighted by Crippen LogP contribution is -2.28. The molecule has 0 aromatic carbocycles. The van der Waals surface area contributed by atoms with Crippen molar-refractivity contribution in [1.29, 1.82) is 0 Å². The number of hydrogen-bond acceptors (Lipinski definition) is 1. The molecule has 0 aromatic heterocycles. The monoisotopic (exact) mass is 275 g/mol. The van der Waals surface area contributed by atoms with E-state index in [0.29, 0.717) is 0 Å². The summed E-state index contributed by atoms with van der Waals surface area (Å²) in [5.41, 5.74) is 0. The summed E-state index contributed by atoms with van der Waals surface area (Å²) in [6, 6.07) is 0. The first-order valence-electron chi connectivity index (χ1n) is 7.66. The maximum Gasteiger partial charge on any atom is 0.316 e. The number of unbranched alkanes of at least 4 members (excludes halogenated alkanes) is 8. The van der Waals surface area contributed by atoms with Crippen LogP contribution in [0.15, 0.2) is 0 Å². The van der Waals surface area contributed by atoms with Crippen molar-refractivity contribution in [2.45, 2.75) is 78.1 Å². The minimum atomic E-state index is -0.277. The highest BCUT2D eigenvalue weighted by Gasteiger charge is 2.09. The van der Waals surface area contributed by atoms with Gasteiger partial charge in [-0.1, -0.05) is 65.2 Å². The molecule has 0 saturated carbocycles. The van der Waals surface area contributed by atoms with Crippen LogP contribution in [0.2, 0.25) is 0 Å². The summed E-state index contributed by atoms with van der Waals surface area (Å²) in [6.07, 6.45) is 12.3. The largest absolute Gasteiger partial charge is 0.329 e. The second kappa shape index (κ2) is 13.2. The van der Waals surface area contributed by atoms with Crippen LogP contribution >= 0.6 is 11.6 Å². The van der Waals surface area contributed by atoms with E-state index in [1.807, 2.05) is 0 Å². The predicted octanol–water partition coefficient (Wildman–Crippen LogP) is 5.59. The van der Waals surface area contributed by atoms with E-state index in [2.05, 4.69) is 13.8 Å². The lowest BCUT2D eigenvalue weighted by atomic mass is 10.1. The van der Waals surface area contributed by atoms with Crippen molar-refractivity contribution in [3.63, 3.8) is 0 Å². The summed E-state index contributed by atoms with van der Waals surface area (Å²) < 4.78 is 0. The number of carbonyl (C=O) groups excluding carboxylic acids is 1. The standard InChI is InChI=1S/C15H30ClNO/c1-3-5-7-9-11-13-17(15(16)18)14-12-10-8-6-4-2/h3-14H2,1-2H3. The van der Waals surface area contributed by atoms with Gasteiger partial charge in [0, 0.05) is 13.1 Å². The summed E-state index contributed by atoms with van der Waals surface area (Å²) in [7, 11) is 0. The molecule has 0 rings (SSSR count). The highest BCUT2D eigenvalue weighted by atomic mass is 35.5. The van der Waals surface area contributed by atoms with E-state index in [0.717, 1.165) is 25.9 Å². The lowest BCUT2D eigenvalue weighted by molar-refractivity contribution is 0.219. The van der Waals surface area contributed by atoms with Crippen molar-refractivity contribution in [3.8, 4) is 0 Å². The minimum Gasteiger partial charge on any atom is -0.329 e. The van der Waals surface area contributed by atoms with E-state index in [-0.39, 0.29) is 5.37 Å². The van der Waals surface area contributed by atoms with Gasteiger partial charge in [-0.25, -0.2) is 0 Å². The van der Waals surface area contributed by atoms with Crippen molar-refractivity contribution in [3.05, 3.63) is 0 Å². The fourth-order valence-corrected chi connectivity index (χ4v) is 2.27. The van der Waals surface area contributed by atoms with Gasteiger partial charge in [-0.2, -0.15) is 0 Å². The Morgan fingerprint density at radius 2 is 1.17 bits per heavy atom. The SMILES string of the molecule is CCCCCCCN(CCCCCCC)C(=O)Cl. The van der Waals surface area contributed by atoms with E-state index in [1.54, 1.807) is 4.90 Å². The second-order valence-corrected chi connectivity index (χ2v) is 5.39. The Morgan fingerprint density at radius 1 is 0.778 bits per heavy atom. The van der Waals surface area contributed by atoms with Crippen molar-refractivity contribution in [2.75, 3.05) is 13.1 Å². The predicted molar refractivity (Wildman–Crippen MR) is 80.3 cm³/mol. The van der Waals surface area contributed by atoms with Gasteiger partial charge < -0.3 is 4.90 Å². The van der Waals surface area contributed by atoms with E-state index in [1.165, 1.54) is 51.4 Å². The third-order valence-corrected chi connectivity index (χ3v) is 3.55. The van der Waals surface area contributed by atoms with Gasteiger partial charge in [0.05, 0.1) is 0 Å². The Kier molecular flexibility index (Phi) is 13.0. The fraction of sp³-hybridized carbons (Fsp3) is 0.933. The van der Waals surface area contributed by atoms with Crippen LogP contribution in [0.5, 0.6) is 0 Å².